The van der Waals surface area contributed by atoms with Crippen molar-refractivity contribution in [3.8, 4) is 0 Å². The molecule has 0 aliphatic heterocycles. The summed E-state index contributed by atoms with van der Waals surface area (Å²) < 4.78 is 1.23. The predicted molar refractivity (Wildman–Crippen MR) is 69.8 cm³/mol. The standard InChI is InChI=1S/C12H13N5O3/c18-12(9-16-8-11(7-15-16)17(19)20)14-6-4-10-3-1-2-5-13-10/h1-3,5,7-8H,4,6,9H2,(H,14,18). The Hall–Kier alpha value is -2.77. The minimum Gasteiger partial charge on any atom is -0.354 e. The Kier molecular flexibility index (Phi) is 4.38. The summed E-state index contributed by atoms with van der Waals surface area (Å²) >= 11 is 0. The number of nitro groups is 1. The highest BCUT2D eigenvalue weighted by atomic mass is 16.6. The summed E-state index contributed by atoms with van der Waals surface area (Å²) in [6, 6.07) is 5.59. The van der Waals surface area contributed by atoms with Gasteiger partial charge in [-0.1, -0.05) is 6.07 Å². The molecule has 1 amide bonds. The quantitative estimate of drug-likeness (QED) is 0.612. The maximum atomic E-state index is 11.6. The normalized spacial score (nSPS) is 10.2. The fraction of sp³-hybridized carbons (Fsp3) is 0.250. The Morgan fingerprint density at radius 2 is 2.30 bits per heavy atom. The van der Waals surface area contributed by atoms with Gasteiger partial charge in [-0.05, 0) is 12.1 Å². The number of nitrogens with one attached hydrogen (secondary N) is 1. The lowest BCUT2D eigenvalue weighted by Crippen LogP contribution is -2.29. The second kappa shape index (κ2) is 6.41. The number of hydrogen-bond donors (Lipinski definition) is 1. The monoisotopic (exact) mass is 275 g/mol. The number of amides is 1. The van der Waals surface area contributed by atoms with Crippen LogP contribution in [0.25, 0.3) is 0 Å². The van der Waals surface area contributed by atoms with Crippen LogP contribution in [0.4, 0.5) is 5.69 Å². The van der Waals surface area contributed by atoms with Crippen LogP contribution >= 0.6 is 0 Å². The summed E-state index contributed by atoms with van der Waals surface area (Å²) in [5.74, 6) is -0.251. The molecule has 2 aromatic heterocycles. The molecule has 2 aromatic rings. The summed E-state index contributed by atoms with van der Waals surface area (Å²) in [6.07, 6.45) is 4.66. The molecule has 0 aliphatic rings. The van der Waals surface area contributed by atoms with Crippen molar-refractivity contribution in [1.29, 1.82) is 0 Å². The topological polar surface area (TPSA) is 103 Å². The fourth-order valence-corrected chi connectivity index (χ4v) is 1.61. The Bertz CT molecular complexity index is 596. The Balaban J connectivity index is 1.76. The van der Waals surface area contributed by atoms with E-state index >= 15 is 0 Å². The van der Waals surface area contributed by atoms with Crippen molar-refractivity contribution in [1.82, 2.24) is 20.1 Å². The summed E-state index contributed by atoms with van der Waals surface area (Å²) in [6.45, 7) is 0.412. The van der Waals surface area contributed by atoms with E-state index in [4.69, 9.17) is 0 Å². The molecule has 0 unspecified atom stereocenters. The van der Waals surface area contributed by atoms with Gasteiger partial charge in [-0.2, -0.15) is 5.10 Å². The fourth-order valence-electron chi connectivity index (χ4n) is 1.61. The third-order valence-electron chi connectivity index (χ3n) is 2.57. The van der Waals surface area contributed by atoms with Crippen molar-refractivity contribution in [2.45, 2.75) is 13.0 Å². The molecule has 20 heavy (non-hydrogen) atoms. The molecular weight excluding hydrogens is 262 g/mol. The third kappa shape index (κ3) is 3.87. The molecular formula is C12H13N5O3. The van der Waals surface area contributed by atoms with Crippen LogP contribution in [0.5, 0.6) is 0 Å². The van der Waals surface area contributed by atoms with Crippen molar-refractivity contribution in [3.05, 3.63) is 52.6 Å². The number of hydrogen-bond acceptors (Lipinski definition) is 5. The maximum absolute atomic E-state index is 11.6. The molecule has 0 radical (unpaired) electrons. The van der Waals surface area contributed by atoms with Crippen LogP contribution in [0.2, 0.25) is 0 Å². The highest BCUT2D eigenvalue weighted by molar-refractivity contribution is 5.75. The van der Waals surface area contributed by atoms with Crippen LogP contribution in [0.3, 0.4) is 0 Å². The zero-order valence-electron chi connectivity index (χ0n) is 10.6. The van der Waals surface area contributed by atoms with Gasteiger partial charge in [-0.25, -0.2) is 0 Å². The number of nitrogens with zero attached hydrogens (tertiary/aromatic N) is 4. The van der Waals surface area contributed by atoms with Gasteiger partial charge < -0.3 is 5.32 Å². The Labute approximate surface area is 114 Å². The minimum atomic E-state index is -0.553. The van der Waals surface area contributed by atoms with E-state index in [1.54, 1.807) is 6.20 Å². The van der Waals surface area contributed by atoms with Crippen LogP contribution in [0.1, 0.15) is 5.69 Å². The molecule has 8 nitrogen and oxygen atoms in total. The van der Waals surface area contributed by atoms with Crippen molar-refractivity contribution < 1.29 is 9.72 Å². The molecule has 0 bridgehead atoms. The lowest BCUT2D eigenvalue weighted by atomic mass is 10.3. The first kappa shape index (κ1) is 13.7. The van der Waals surface area contributed by atoms with E-state index in [1.165, 1.54) is 10.9 Å². The molecule has 2 rings (SSSR count). The highest BCUT2D eigenvalue weighted by Gasteiger charge is 2.10. The van der Waals surface area contributed by atoms with Gasteiger partial charge in [0.05, 0.1) is 4.92 Å². The van der Waals surface area contributed by atoms with E-state index in [-0.39, 0.29) is 18.1 Å². The van der Waals surface area contributed by atoms with Crippen LogP contribution in [-0.4, -0.2) is 32.1 Å². The van der Waals surface area contributed by atoms with Gasteiger partial charge in [0.1, 0.15) is 18.9 Å². The highest BCUT2D eigenvalue weighted by Crippen LogP contribution is 2.07. The lowest BCUT2D eigenvalue weighted by molar-refractivity contribution is -0.385. The van der Waals surface area contributed by atoms with Gasteiger partial charge in [-0.15, -0.1) is 0 Å². The van der Waals surface area contributed by atoms with Gasteiger partial charge in [-0.3, -0.25) is 24.6 Å². The van der Waals surface area contributed by atoms with Gasteiger partial charge in [0.15, 0.2) is 0 Å². The van der Waals surface area contributed by atoms with E-state index < -0.39 is 4.92 Å². The largest absolute Gasteiger partial charge is 0.354 e. The van der Waals surface area contributed by atoms with Gasteiger partial charge in [0, 0.05) is 24.9 Å². The average Bonchev–Trinajstić information content (AvgIpc) is 2.88. The molecule has 0 saturated heterocycles. The number of pyridine rings is 1. The first-order valence-corrected chi connectivity index (χ1v) is 5.98. The molecule has 104 valence electrons. The number of rotatable bonds is 6. The van der Waals surface area contributed by atoms with Gasteiger partial charge in [0.2, 0.25) is 5.91 Å². The van der Waals surface area contributed by atoms with Crippen LogP contribution in [0.15, 0.2) is 36.8 Å². The Morgan fingerprint density at radius 3 is 2.95 bits per heavy atom. The van der Waals surface area contributed by atoms with Crippen molar-refractivity contribution >= 4 is 11.6 Å². The smallest absolute Gasteiger partial charge is 0.307 e. The average molecular weight is 275 g/mol. The molecule has 0 aliphatic carbocycles. The molecule has 8 heteroatoms. The van der Waals surface area contributed by atoms with Gasteiger partial charge in [0.25, 0.3) is 0 Å². The van der Waals surface area contributed by atoms with Crippen LogP contribution < -0.4 is 5.32 Å². The van der Waals surface area contributed by atoms with Crippen LogP contribution in [0, 0.1) is 10.1 Å². The Morgan fingerprint density at radius 1 is 1.45 bits per heavy atom. The third-order valence-corrected chi connectivity index (χ3v) is 2.57. The molecule has 2 heterocycles. The number of carbonyl (C=O) groups is 1. The van der Waals surface area contributed by atoms with E-state index in [9.17, 15) is 14.9 Å². The molecule has 0 atom stereocenters. The van der Waals surface area contributed by atoms with Gasteiger partial charge >= 0.3 is 5.69 Å². The number of aromatic nitrogens is 3. The SMILES string of the molecule is O=C(Cn1cc([N+](=O)[O-])cn1)NCCc1ccccn1. The van der Waals surface area contributed by atoms with E-state index in [2.05, 4.69) is 15.4 Å². The summed E-state index contributed by atoms with van der Waals surface area (Å²) in [7, 11) is 0. The minimum absolute atomic E-state index is 0.0456. The predicted octanol–water partition coefficient (Wildman–Crippen LogP) is 0.545. The van der Waals surface area contributed by atoms with Crippen LogP contribution in [-0.2, 0) is 17.8 Å². The first-order chi connectivity index (χ1) is 9.65. The first-order valence-electron chi connectivity index (χ1n) is 5.98. The van der Waals surface area contributed by atoms with E-state index in [1.807, 2.05) is 18.2 Å². The van der Waals surface area contributed by atoms with Crippen molar-refractivity contribution in [2.75, 3.05) is 6.54 Å². The zero-order chi connectivity index (χ0) is 14.4. The lowest BCUT2D eigenvalue weighted by Gasteiger charge is -2.04. The summed E-state index contributed by atoms with van der Waals surface area (Å²) in [4.78, 5) is 25.7. The number of carbonyl (C=O) groups excluding carboxylic acids is 1. The van der Waals surface area contributed by atoms with E-state index in [0.717, 1.165) is 11.9 Å². The van der Waals surface area contributed by atoms with E-state index in [0.29, 0.717) is 13.0 Å². The molecule has 1 N–H and O–H groups in total. The molecule has 0 fully saturated rings. The molecule has 0 spiro atoms. The summed E-state index contributed by atoms with van der Waals surface area (Å²) in [5, 5.41) is 16.9. The molecule has 0 aromatic carbocycles. The maximum Gasteiger partial charge on any atom is 0.307 e. The zero-order valence-corrected chi connectivity index (χ0v) is 10.6. The van der Waals surface area contributed by atoms with Crippen molar-refractivity contribution in [3.63, 3.8) is 0 Å². The second-order valence-electron chi connectivity index (χ2n) is 4.07. The van der Waals surface area contributed by atoms with Crippen molar-refractivity contribution in [2.24, 2.45) is 0 Å². The summed E-state index contributed by atoms with van der Waals surface area (Å²) in [5.41, 5.74) is 0.758. The molecule has 0 saturated carbocycles. The second-order valence-corrected chi connectivity index (χ2v) is 4.07.